The number of benzene rings is 2. The van der Waals surface area contributed by atoms with E-state index in [1.165, 1.54) is 7.11 Å². The SMILES string of the molecule is COc1cc(N2C(=S)N[C@H](c3ccccn3)[C@H]2c2cc(C)n(-c3cccc(Cl)c3Cl)c2C)ccc1NS(C)(=O)=O. The largest absolute Gasteiger partial charge is 0.494 e. The van der Waals surface area contributed by atoms with Gasteiger partial charge in [-0.05, 0) is 74.1 Å². The first-order valence-corrected chi connectivity index (χ1v) is 15.4. The van der Waals surface area contributed by atoms with Gasteiger partial charge in [-0.3, -0.25) is 9.71 Å². The summed E-state index contributed by atoms with van der Waals surface area (Å²) < 4.78 is 33.9. The van der Waals surface area contributed by atoms with E-state index >= 15 is 0 Å². The number of ether oxygens (including phenoxy) is 1. The molecule has 208 valence electrons. The van der Waals surface area contributed by atoms with E-state index in [4.69, 9.17) is 40.2 Å². The summed E-state index contributed by atoms with van der Waals surface area (Å²) in [6, 6.07) is 18.1. The number of anilines is 2. The number of aromatic nitrogens is 2. The zero-order valence-corrected chi connectivity index (χ0v) is 25.3. The Morgan fingerprint density at radius 3 is 2.52 bits per heavy atom. The van der Waals surface area contributed by atoms with Crippen molar-refractivity contribution in [3.05, 3.63) is 99.6 Å². The second kappa shape index (κ2) is 10.9. The van der Waals surface area contributed by atoms with Crippen LogP contribution in [0.15, 0.2) is 66.9 Å². The molecule has 0 spiro atoms. The molecule has 0 radical (unpaired) electrons. The average molecular weight is 617 g/mol. The molecule has 0 unspecified atom stereocenters. The first-order chi connectivity index (χ1) is 19.0. The summed E-state index contributed by atoms with van der Waals surface area (Å²) in [4.78, 5) is 6.64. The molecule has 2 atom stereocenters. The van der Waals surface area contributed by atoms with Gasteiger partial charge >= 0.3 is 0 Å². The number of aryl methyl sites for hydroxylation is 1. The summed E-state index contributed by atoms with van der Waals surface area (Å²) in [7, 11) is -2.01. The maximum atomic E-state index is 11.9. The molecule has 12 heteroatoms. The summed E-state index contributed by atoms with van der Waals surface area (Å²) in [5.41, 5.74) is 5.61. The summed E-state index contributed by atoms with van der Waals surface area (Å²) in [5.74, 6) is 0.363. The molecule has 40 heavy (non-hydrogen) atoms. The fourth-order valence-electron chi connectivity index (χ4n) is 5.19. The van der Waals surface area contributed by atoms with E-state index < -0.39 is 10.0 Å². The maximum absolute atomic E-state index is 11.9. The number of rotatable bonds is 7. The van der Waals surface area contributed by atoms with Crippen molar-refractivity contribution in [2.24, 2.45) is 0 Å². The first-order valence-electron chi connectivity index (χ1n) is 12.3. The quantitative estimate of drug-likeness (QED) is 0.234. The van der Waals surface area contributed by atoms with Gasteiger partial charge in [0.25, 0.3) is 0 Å². The highest BCUT2D eigenvalue weighted by Gasteiger charge is 2.42. The predicted molar refractivity (Wildman–Crippen MR) is 165 cm³/mol. The molecular weight excluding hydrogens is 589 g/mol. The Labute approximate surface area is 248 Å². The van der Waals surface area contributed by atoms with Crippen molar-refractivity contribution in [3.8, 4) is 11.4 Å². The van der Waals surface area contributed by atoms with Gasteiger partial charge in [0.05, 0.1) is 52.6 Å². The molecule has 2 N–H and O–H groups in total. The smallest absolute Gasteiger partial charge is 0.229 e. The Morgan fingerprint density at radius 2 is 1.85 bits per heavy atom. The van der Waals surface area contributed by atoms with Crippen molar-refractivity contribution in [2.45, 2.75) is 25.9 Å². The van der Waals surface area contributed by atoms with Crippen LogP contribution in [-0.2, 0) is 10.0 Å². The van der Waals surface area contributed by atoms with Crippen LogP contribution in [0.4, 0.5) is 11.4 Å². The highest BCUT2D eigenvalue weighted by Crippen LogP contribution is 2.45. The van der Waals surface area contributed by atoms with Gasteiger partial charge in [0.1, 0.15) is 5.75 Å². The van der Waals surface area contributed by atoms with Gasteiger partial charge in [-0.15, -0.1) is 0 Å². The van der Waals surface area contributed by atoms with Crippen LogP contribution in [0.2, 0.25) is 10.0 Å². The van der Waals surface area contributed by atoms with Gasteiger partial charge < -0.3 is 19.5 Å². The number of pyridine rings is 1. The Balaban J connectivity index is 1.68. The Morgan fingerprint density at radius 1 is 1.07 bits per heavy atom. The van der Waals surface area contributed by atoms with Crippen LogP contribution in [0.3, 0.4) is 0 Å². The highest BCUT2D eigenvalue weighted by molar-refractivity contribution is 7.92. The zero-order valence-electron chi connectivity index (χ0n) is 22.1. The van der Waals surface area contributed by atoms with Crippen molar-refractivity contribution >= 4 is 61.9 Å². The van der Waals surface area contributed by atoms with Gasteiger partial charge in [0, 0.05) is 29.3 Å². The number of nitrogens with zero attached hydrogens (tertiary/aromatic N) is 3. The molecule has 0 saturated carbocycles. The van der Waals surface area contributed by atoms with E-state index in [1.807, 2.05) is 55.1 Å². The van der Waals surface area contributed by atoms with Gasteiger partial charge in [-0.1, -0.05) is 35.3 Å². The molecule has 3 heterocycles. The van der Waals surface area contributed by atoms with Crippen molar-refractivity contribution in [1.29, 1.82) is 0 Å². The number of methoxy groups -OCH3 is 1. The molecule has 1 saturated heterocycles. The number of thiocarbonyl (C=S) groups is 1. The van der Waals surface area contributed by atoms with Gasteiger partial charge in [-0.2, -0.15) is 0 Å². The second-order valence-electron chi connectivity index (χ2n) is 9.49. The zero-order chi connectivity index (χ0) is 28.8. The number of sulfonamides is 1. The van der Waals surface area contributed by atoms with E-state index in [0.29, 0.717) is 26.6 Å². The third-order valence-corrected chi connectivity index (χ3v) is 8.53. The van der Waals surface area contributed by atoms with Crippen molar-refractivity contribution < 1.29 is 13.2 Å². The van der Waals surface area contributed by atoms with Crippen molar-refractivity contribution in [1.82, 2.24) is 14.9 Å². The van der Waals surface area contributed by atoms with Crippen molar-refractivity contribution in [3.63, 3.8) is 0 Å². The Hall–Kier alpha value is -3.31. The molecule has 5 rings (SSSR count). The molecule has 4 aromatic rings. The normalized spacial score (nSPS) is 17.1. The monoisotopic (exact) mass is 615 g/mol. The molecule has 1 aliphatic heterocycles. The molecule has 8 nitrogen and oxygen atoms in total. The number of halogens is 2. The van der Waals surface area contributed by atoms with E-state index in [-0.39, 0.29) is 12.1 Å². The third kappa shape index (κ3) is 5.24. The van der Waals surface area contributed by atoms with E-state index in [0.717, 1.165) is 40.3 Å². The van der Waals surface area contributed by atoms with Gasteiger partial charge in [0.2, 0.25) is 10.0 Å². The summed E-state index contributed by atoms with van der Waals surface area (Å²) in [5, 5.41) is 4.90. The first kappa shape index (κ1) is 28.2. The molecule has 2 aromatic heterocycles. The molecule has 1 aliphatic rings. The topological polar surface area (TPSA) is 88.5 Å². The number of nitrogens with one attached hydrogen (secondary N) is 2. The number of hydrogen-bond donors (Lipinski definition) is 2. The highest BCUT2D eigenvalue weighted by atomic mass is 35.5. The van der Waals surface area contributed by atoms with Crippen molar-refractivity contribution in [2.75, 3.05) is 23.0 Å². The minimum atomic E-state index is -3.50. The molecule has 0 bridgehead atoms. The lowest BCUT2D eigenvalue weighted by atomic mass is 9.96. The van der Waals surface area contributed by atoms with E-state index in [1.54, 1.807) is 24.4 Å². The lowest BCUT2D eigenvalue weighted by Gasteiger charge is -2.29. The fourth-order valence-corrected chi connectivity index (χ4v) is 6.48. The lowest BCUT2D eigenvalue weighted by Crippen LogP contribution is -2.29. The minimum Gasteiger partial charge on any atom is -0.494 e. The van der Waals surface area contributed by atoms with Crippen LogP contribution >= 0.6 is 35.4 Å². The molecular formula is C28H27Cl2N5O3S2. The van der Waals surface area contributed by atoms with E-state index in [9.17, 15) is 8.42 Å². The molecule has 1 fully saturated rings. The van der Waals surface area contributed by atoms with Gasteiger partial charge in [-0.25, -0.2) is 8.42 Å². The average Bonchev–Trinajstić information content (AvgIpc) is 3.40. The molecule has 0 amide bonds. The Kier molecular flexibility index (Phi) is 7.71. The van der Waals surface area contributed by atoms with Crippen LogP contribution in [0.25, 0.3) is 5.69 Å². The summed E-state index contributed by atoms with van der Waals surface area (Å²) in [6.07, 6.45) is 2.85. The Bertz CT molecular complexity index is 1710. The predicted octanol–water partition coefficient (Wildman–Crippen LogP) is 6.35. The van der Waals surface area contributed by atoms with Crippen LogP contribution < -0.4 is 19.7 Å². The lowest BCUT2D eigenvalue weighted by molar-refractivity contribution is 0.417. The second-order valence-corrected chi connectivity index (χ2v) is 12.4. The summed E-state index contributed by atoms with van der Waals surface area (Å²) in [6.45, 7) is 4.05. The third-order valence-electron chi connectivity index (χ3n) is 6.82. The summed E-state index contributed by atoms with van der Waals surface area (Å²) >= 11 is 18.9. The minimum absolute atomic E-state index is 0.280. The van der Waals surface area contributed by atoms with Crippen LogP contribution in [0.1, 0.15) is 34.7 Å². The molecule has 0 aliphatic carbocycles. The van der Waals surface area contributed by atoms with Crippen LogP contribution in [0, 0.1) is 13.8 Å². The van der Waals surface area contributed by atoms with Crippen LogP contribution in [-0.4, -0.2) is 36.4 Å². The molecule has 2 aromatic carbocycles. The van der Waals surface area contributed by atoms with Gasteiger partial charge in [0.15, 0.2) is 5.11 Å². The fraction of sp³-hybridized carbons (Fsp3) is 0.214. The van der Waals surface area contributed by atoms with E-state index in [2.05, 4.69) is 25.7 Å². The standard InChI is InChI=1S/C28H27Cl2N5O3S2/c1-16-14-19(17(2)34(16)23-10-7-8-20(29)25(23)30)27-26(22-9-5-6-13-31-22)32-28(39)35(27)18-11-12-21(24(15-18)38-3)33-40(4,36)37/h5-15,26-27,33H,1-4H3,(H,32,39)/t26-,27-/m1/s1. The maximum Gasteiger partial charge on any atom is 0.229 e. The number of hydrogen-bond acceptors (Lipinski definition) is 5. The van der Waals surface area contributed by atoms with Crippen LogP contribution in [0.5, 0.6) is 5.75 Å².